The molecule has 226 valence electrons. The van der Waals surface area contributed by atoms with E-state index in [2.05, 4.69) is 40.7 Å². The minimum atomic E-state index is -0.567. The number of benzene rings is 3. The van der Waals surface area contributed by atoms with Crippen molar-refractivity contribution in [1.29, 1.82) is 5.26 Å². The molecule has 0 radical (unpaired) electrons. The van der Waals surface area contributed by atoms with Crippen molar-refractivity contribution in [2.45, 2.75) is 59.3 Å². The third-order valence-corrected chi connectivity index (χ3v) is 7.05. The van der Waals surface area contributed by atoms with Crippen LogP contribution in [0, 0.1) is 17.2 Å². The van der Waals surface area contributed by atoms with Crippen molar-refractivity contribution in [2.75, 3.05) is 19.8 Å². The minimum Gasteiger partial charge on any atom is -0.490 e. The number of hydrogen-bond donors (Lipinski definition) is 1. The lowest BCUT2D eigenvalue weighted by atomic mass is 9.83. The Morgan fingerprint density at radius 2 is 1.70 bits per heavy atom. The Morgan fingerprint density at radius 1 is 0.977 bits per heavy atom. The number of nitrogens with zero attached hydrogens (tertiary/aromatic N) is 1. The molecule has 3 aromatic rings. The Labute approximate surface area is 254 Å². The largest absolute Gasteiger partial charge is 0.490 e. The molecule has 1 aliphatic rings. The van der Waals surface area contributed by atoms with Crippen LogP contribution in [0.4, 0.5) is 0 Å². The number of ether oxygens (including phenoxy) is 5. The normalized spacial score (nSPS) is 14.4. The molecule has 4 rings (SSSR count). The van der Waals surface area contributed by atoms with Crippen LogP contribution in [0.3, 0.4) is 0 Å². The number of carbonyl (C=O) groups excluding carboxylic acids is 1. The summed E-state index contributed by atoms with van der Waals surface area (Å²) in [5.74, 6) is 1.89. The molecule has 8 nitrogen and oxygen atoms in total. The highest BCUT2D eigenvalue weighted by Gasteiger charge is 2.32. The van der Waals surface area contributed by atoms with E-state index >= 15 is 0 Å². The zero-order valence-corrected chi connectivity index (χ0v) is 25.7. The Balaban J connectivity index is 1.52. The highest BCUT2D eigenvalue weighted by Crippen LogP contribution is 2.45. The van der Waals surface area contributed by atoms with Gasteiger partial charge in [0.1, 0.15) is 28.9 Å². The van der Waals surface area contributed by atoms with Crippen molar-refractivity contribution in [3.8, 4) is 34.8 Å². The van der Waals surface area contributed by atoms with Crippen LogP contribution in [0.25, 0.3) is 0 Å². The van der Waals surface area contributed by atoms with Gasteiger partial charge in [-0.3, -0.25) is 0 Å². The van der Waals surface area contributed by atoms with Gasteiger partial charge in [-0.25, -0.2) is 4.79 Å². The summed E-state index contributed by atoms with van der Waals surface area (Å²) in [4.78, 5) is 12.6. The predicted molar refractivity (Wildman–Crippen MR) is 165 cm³/mol. The zero-order valence-electron chi connectivity index (χ0n) is 25.7. The van der Waals surface area contributed by atoms with Crippen molar-refractivity contribution in [1.82, 2.24) is 0 Å². The first-order chi connectivity index (χ1) is 20.5. The SMILES string of the molecule is CCOc1cc(C2C(C#N)=C(N)Oc3cc(OC(=O)COc4ccc(C(C)(C)C)cc4)ccc32)ccc1OCCC(C)C. The van der Waals surface area contributed by atoms with E-state index in [4.69, 9.17) is 29.4 Å². The molecule has 0 fully saturated rings. The van der Waals surface area contributed by atoms with E-state index < -0.39 is 11.9 Å². The molecule has 3 aromatic carbocycles. The van der Waals surface area contributed by atoms with Crippen LogP contribution in [-0.4, -0.2) is 25.8 Å². The second-order valence-corrected chi connectivity index (χ2v) is 11.8. The van der Waals surface area contributed by atoms with Gasteiger partial charge in [-0.05, 0) is 66.1 Å². The van der Waals surface area contributed by atoms with E-state index in [0.717, 1.165) is 12.0 Å². The van der Waals surface area contributed by atoms with Gasteiger partial charge in [0.15, 0.2) is 18.1 Å². The Morgan fingerprint density at radius 3 is 2.35 bits per heavy atom. The van der Waals surface area contributed by atoms with Gasteiger partial charge in [-0.1, -0.05) is 58.9 Å². The highest BCUT2D eigenvalue weighted by atomic mass is 16.6. The molecule has 0 saturated carbocycles. The zero-order chi connectivity index (χ0) is 31.1. The maximum absolute atomic E-state index is 12.6. The first-order valence-electron chi connectivity index (χ1n) is 14.5. The van der Waals surface area contributed by atoms with Crippen molar-refractivity contribution in [3.05, 3.63) is 88.8 Å². The second kappa shape index (κ2) is 13.6. The molecule has 1 heterocycles. The summed E-state index contributed by atoms with van der Waals surface area (Å²) in [5, 5.41) is 9.99. The van der Waals surface area contributed by atoms with E-state index in [1.807, 2.05) is 49.4 Å². The summed E-state index contributed by atoms with van der Waals surface area (Å²) < 4.78 is 28.9. The summed E-state index contributed by atoms with van der Waals surface area (Å²) in [5.41, 5.74) is 9.17. The second-order valence-electron chi connectivity index (χ2n) is 11.8. The van der Waals surface area contributed by atoms with Crippen LogP contribution in [-0.2, 0) is 10.2 Å². The number of hydrogen-bond acceptors (Lipinski definition) is 8. The number of allylic oxidation sites excluding steroid dienone is 1. The lowest BCUT2D eigenvalue weighted by Crippen LogP contribution is -2.22. The summed E-state index contributed by atoms with van der Waals surface area (Å²) >= 11 is 0. The summed E-state index contributed by atoms with van der Waals surface area (Å²) in [6.07, 6.45) is 0.919. The average molecular weight is 585 g/mol. The highest BCUT2D eigenvalue weighted by molar-refractivity contribution is 5.74. The number of nitriles is 1. The molecule has 1 aliphatic heterocycles. The lowest BCUT2D eigenvalue weighted by Gasteiger charge is -2.27. The van der Waals surface area contributed by atoms with Gasteiger partial charge in [0.05, 0.1) is 19.1 Å². The topological polar surface area (TPSA) is 113 Å². The predicted octanol–water partition coefficient (Wildman–Crippen LogP) is 7.01. The molecular weight excluding hydrogens is 544 g/mol. The number of fused-ring (bicyclic) bond motifs is 1. The monoisotopic (exact) mass is 584 g/mol. The van der Waals surface area contributed by atoms with E-state index in [0.29, 0.717) is 47.7 Å². The summed E-state index contributed by atoms with van der Waals surface area (Å²) in [7, 11) is 0. The molecule has 0 spiro atoms. The van der Waals surface area contributed by atoms with E-state index in [9.17, 15) is 10.1 Å². The fourth-order valence-corrected chi connectivity index (χ4v) is 4.69. The smallest absolute Gasteiger partial charge is 0.349 e. The molecule has 2 N–H and O–H groups in total. The maximum Gasteiger partial charge on any atom is 0.349 e. The molecule has 0 saturated heterocycles. The summed E-state index contributed by atoms with van der Waals surface area (Å²) in [6, 6.07) is 20.5. The molecule has 1 unspecified atom stereocenters. The van der Waals surface area contributed by atoms with E-state index in [1.165, 1.54) is 5.56 Å². The van der Waals surface area contributed by atoms with Gasteiger partial charge < -0.3 is 29.4 Å². The van der Waals surface area contributed by atoms with Gasteiger partial charge in [-0.2, -0.15) is 5.26 Å². The van der Waals surface area contributed by atoms with Crippen LogP contribution in [0.15, 0.2) is 72.1 Å². The average Bonchev–Trinajstić information content (AvgIpc) is 2.96. The number of carbonyl (C=O) groups is 1. The molecule has 1 atom stereocenters. The van der Waals surface area contributed by atoms with E-state index in [1.54, 1.807) is 18.2 Å². The quantitative estimate of drug-likeness (QED) is 0.189. The molecule has 43 heavy (non-hydrogen) atoms. The Hall–Kier alpha value is -4.64. The van der Waals surface area contributed by atoms with Crippen molar-refractivity contribution in [2.24, 2.45) is 11.7 Å². The van der Waals surface area contributed by atoms with Crippen LogP contribution < -0.4 is 29.4 Å². The van der Waals surface area contributed by atoms with Crippen LogP contribution >= 0.6 is 0 Å². The molecule has 0 aromatic heterocycles. The first-order valence-corrected chi connectivity index (χ1v) is 14.5. The maximum atomic E-state index is 12.6. The third-order valence-electron chi connectivity index (χ3n) is 7.05. The number of esters is 1. The lowest BCUT2D eigenvalue weighted by molar-refractivity contribution is -0.136. The number of rotatable bonds is 11. The van der Waals surface area contributed by atoms with Crippen molar-refractivity contribution >= 4 is 5.97 Å². The Kier molecular flexibility index (Phi) is 9.87. The van der Waals surface area contributed by atoms with Crippen molar-refractivity contribution < 1.29 is 28.5 Å². The van der Waals surface area contributed by atoms with Crippen LogP contribution in [0.2, 0.25) is 0 Å². The third kappa shape index (κ3) is 7.81. The van der Waals surface area contributed by atoms with Gasteiger partial charge in [0.25, 0.3) is 0 Å². The molecule has 0 bridgehead atoms. The van der Waals surface area contributed by atoms with E-state index in [-0.39, 0.29) is 29.2 Å². The van der Waals surface area contributed by atoms with Gasteiger partial charge >= 0.3 is 5.97 Å². The summed E-state index contributed by atoms with van der Waals surface area (Å²) in [6.45, 7) is 13.4. The number of nitrogens with two attached hydrogens (primary N) is 1. The van der Waals surface area contributed by atoms with Crippen LogP contribution in [0.1, 0.15) is 70.6 Å². The standard InChI is InChI=1S/C35H40N2O6/c1-7-39-31-18-23(8-15-29(31)40-17-16-22(2)3)33-27-14-13-26(19-30(27)43-34(37)28(33)20-36)42-32(38)21-41-25-11-9-24(10-12-25)35(4,5)6/h8-15,18-19,22,33H,7,16-17,21,37H2,1-6H3. The molecule has 8 heteroatoms. The van der Waals surface area contributed by atoms with Crippen molar-refractivity contribution in [3.63, 3.8) is 0 Å². The molecule has 0 aliphatic carbocycles. The fraction of sp³-hybridized carbons (Fsp3) is 0.371. The molecular formula is C35H40N2O6. The molecule has 0 amide bonds. The van der Waals surface area contributed by atoms with Gasteiger partial charge in [0, 0.05) is 11.6 Å². The first kappa shape index (κ1) is 31.3. The Bertz CT molecular complexity index is 1510. The van der Waals surface area contributed by atoms with Gasteiger partial charge in [-0.15, -0.1) is 0 Å². The van der Waals surface area contributed by atoms with Gasteiger partial charge in [0.2, 0.25) is 5.88 Å². The minimum absolute atomic E-state index is 0.0132. The van der Waals surface area contributed by atoms with Crippen LogP contribution in [0.5, 0.6) is 28.7 Å². The fourth-order valence-electron chi connectivity index (χ4n) is 4.69.